The van der Waals surface area contributed by atoms with E-state index >= 15 is 0 Å². The molecule has 2 aliphatic rings. The largest absolute Gasteiger partial charge is 0.390 e. The van der Waals surface area contributed by atoms with Crippen LogP contribution in [0.1, 0.15) is 33.1 Å². The van der Waals surface area contributed by atoms with Crippen LogP contribution in [0.15, 0.2) is 0 Å². The smallest absolute Gasteiger partial charge is 0.0645 e. The van der Waals surface area contributed by atoms with Crippen molar-refractivity contribution in [2.24, 2.45) is 5.92 Å². The molecule has 0 aromatic heterocycles. The zero-order valence-electron chi connectivity index (χ0n) is 7.21. The first-order valence-electron chi connectivity index (χ1n) is 4.45. The average Bonchev–Trinajstić information content (AvgIpc) is 2.42. The summed E-state index contributed by atoms with van der Waals surface area (Å²) in [5, 5.41) is 9.76. The Balaban J connectivity index is 2.08. The minimum Gasteiger partial charge on any atom is -0.390 e. The highest BCUT2D eigenvalue weighted by Gasteiger charge is 2.46. The predicted molar refractivity (Wildman–Crippen MR) is 42.3 cm³/mol. The summed E-state index contributed by atoms with van der Waals surface area (Å²) >= 11 is 0. The lowest BCUT2D eigenvalue weighted by atomic mass is 9.79. The zero-order chi connectivity index (χ0) is 8.06. The number of ether oxygens (including phenoxy) is 1. The van der Waals surface area contributed by atoms with Crippen molar-refractivity contribution in [3.8, 4) is 0 Å². The molecule has 2 bridgehead atoms. The second kappa shape index (κ2) is 2.20. The van der Waals surface area contributed by atoms with Crippen LogP contribution >= 0.6 is 0 Å². The molecule has 64 valence electrons. The third-order valence-electron chi connectivity index (χ3n) is 3.01. The van der Waals surface area contributed by atoms with E-state index in [0.717, 1.165) is 12.8 Å². The molecule has 3 atom stereocenters. The van der Waals surface area contributed by atoms with Crippen molar-refractivity contribution >= 4 is 0 Å². The van der Waals surface area contributed by atoms with E-state index in [2.05, 4.69) is 0 Å². The van der Waals surface area contributed by atoms with Gasteiger partial charge >= 0.3 is 0 Å². The molecule has 2 heterocycles. The summed E-state index contributed by atoms with van der Waals surface area (Å²) in [6.45, 7) is 3.78. The van der Waals surface area contributed by atoms with Crippen LogP contribution in [0.3, 0.4) is 0 Å². The molecule has 0 aromatic rings. The molecule has 0 spiro atoms. The van der Waals surface area contributed by atoms with Crippen LogP contribution in [0.5, 0.6) is 0 Å². The molecule has 2 heteroatoms. The van der Waals surface area contributed by atoms with Crippen LogP contribution in [0, 0.1) is 5.92 Å². The summed E-state index contributed by atoms with van der Waals surface area (Å²) in [5.74, 6) is 0.376. The molecule has 11 heavy (non-hydrogen) atoms. The van der Waals surface area contributed by atoms with Crippen molar-refractivity contribution < 1.29 is 9.84 Å². The van der Waals surface area contributed by atoms with Crippen LogP contribution in [0.4, 0.5) is 0 Å². The Morgan fingerprint density at radius 2 is 2.09 bits per heavy atom. The van der Waals surface area contributed by atoms with Gasteiger partial charge in [0.25, 0.3) is 0 Å². The van der Waals surface area contributed by atoms with Gasteiger partial charge in [0, 0.05) is 5.92 Å². The van der Waals surface area contributed by atoms with Gasteiger partial charge < -0.3 is 9.84 Å². The van der Waals surface area contributed by atoms with Gasteiger partial charge in [0.05, 0.1) is 17.8 Å². The summed E-state index contributed by atoms with van der Waals surface area (Å²) in [5.41, 5.74) is -0.542. The van der Waals surface area contributed by atoms with Crippen LogP contribution in [-0.2, 0) is 4.74 Å². The predicted octanol–water partition coefficient (Wildman–Crippen LogP) is 1.32. The fourth-order valence-electron chi connectivity index (χ4n) is 2.38. The highest BCUT2D eigenvalue weighted by Crippen LogP contribution is 2.43. The Morgan fingerprint density at radius 1 is 1.36 bits per heavy atom. The maximum Gasteiger partial charge on any atom is 0.0645 e. The Morgan fingerprint density at radius 3 is 2.36 bits per heavy atom. The third kappa shape index (κ3) is 1.18. The average molecular weight is 156 g/mol. The van der Waals surface area contributed by atoms with Crippen LogP contribution in [-0.4, -0.2) is 22.9 Å². The van der Waals surface area contributed by atoms with Crippen molar-refractivity contribution in [1.29, 1.82) is 0 Å². The first-order valence-corrected chi connectivity index (χ1v) is 4.45. The van der Waals surface area contributed by atoms with E-state index < -0.39 is 5.60 Å². The maximum absolute atomic E-state index is 9.76. The van der Waals surface area contributed by atoms with E-state index in [9.17, 15) is 5.11 Å². The van der Waals surface area contributed by atoms with Crippen molar-refractivity contribution in [3.63, 3.8) is 0 Å². The van der Waals surface area contributed by atoms with E-state index in [1.165, 1.54) is 6.42 Å². The van der Waals surface area contributed by atoms with E-state index in [1.54, 1.807) is 0 Å². The second-order valence-corrected chi connectivity index (χ2v) is 4.37. The van der Waals surface area contributed by atoms with E-state index in [4.69, 9.17) is 4.74 Å². The summed E-state index contributed by atoms with van der Waals surface area (Å²) in [6.07, 6.45) is 4.22. The minimum absolute atomic E-state index is 0.347. The topological polar surface area (TPSA) is 29.5 Å². The van der Waals surface area contributed by atoms with Gasteiger partial charge in [0.15, 0.2) is 0 Å². The lowest BCUT2D eigenvalue weighted by Gasteiger charge is -2.30. The van der Waals surface area contributed by atoms with Crippen molar-refractivity contribution in [2.75, 3.05) is 0 Å². The molecular formula is C9H16O2. The molecule has 2 aliphatic heterocycles. The van der Waals surface area contributed by atoms with Crippen molar-refractivity contribution in [2.45, 2.75) is 50.9 Å². The molecule has 3 unspecified atom stereocenters. The first kappa shape index (κ1) is 7.56. The number of hydrogen-bond acceptors (Lipinski definition) is 2. The van der Waals surface area contributed by atoms with Gasteiger partial charge in [0.2, 0.25) is 0 Å². The Bertz CT molecular complexity index is 159. The molecule has 0 aromatic carbocycles. The van der Waals surface area contributed by atoms with Gasteiger partial charge in [-0.15, -0.1) is 0 Å². The molecule has 2 rings (SSSR count). The monoisotopic (exact) mass is 156 g/mol. The molecule has 0 saturated carbocycles. The molecule has 1 N–H and O–H groups in total. The molecule has 2 fully saturated rings. The zero-order valence-corrected chi connectivity index (χ0v) is 7.21. The van der Waals surface area contributed by atoms with Gasteiger partial charge in [-0.3, -0.25) is 0 Å². The molecular weight excluding hydrogens is 140 g/mol. The van der Waals surface area contributed by atoms with Gasteiger partial charge in [-0.25, -0.2) is 0 Å². The lowest BCUT2D eigenvalue weighted by molar-refractivity contribution is -0.0171. The van der Waals surface area contributed by atoms with Gasteiger partial charge in [-0.2, -0.15) is 0 Å². The summed E-state index contributed by atoms with van der Waals surface area (Å²) in [7, 11) is 0. The van der Waals surface area contributed by atoms with Crippen LogP contribution in [0.2, 0.25) is 0 Å². The Hall–Kier alpha value is -0.0800. The van der Waals surface area contributed by atoms with E-state index in [0.29, 0.717) is 18.1 Å². The van der Waals surface area contributed by atoms with Crippen LogP contribution < -0.4 is 0 Å². The lowest BCUT2D eigenvalue weighted by Crippen LogP contribution is -2.37. The third-order valence-corrected chi connectivity index (χ3v) is 3.01. The van der Waals surface area contributed by atoms with E-state index in [-0.39, 0.29) is 0 Å². The van der Waals surface area contributed by atoms with Crippen LogP contribution in [0.25, 0.3) is 0 Å². The summed E-state index contributed by atoms with van der Waals surface area (Å²) in [4.78, 5) is 0. The molecule has 2 saturated heterocycles. The Labute approximate surface area is 67.6 Å². The summed E-state index contributed by atoms with van der Waals surface area (Å²) < 4.78 is 5.65. The fraction of sp³-hybridized carbons (Fsp3) is 1.00. The fourth-order valence-corrected chi connectivity index (χ4v) is 2.38. The van der Waals surface area contributed by atoms with Gasteiger partial charge in [-0.1, -0.05) is 0 Å². The second-order valence-electron chi connectivity index (χ2n) is 4.37. The van der Waals surface area contributed by atoms with Crippen molar-refractivity contribution in [3.05, 3.63) is 0 Å². The number of hydrogen-bond donors (Lipinski definition) is 1. The number of fused-ring (bicyclic) bond motifs is 2. The van der Waals surface area contributed by atoms with Crippen molar-refractivity contribution in [1.82, 2.24) is 0 Å². The summed E-state index contributed by atoms with van der Waals surface area (Å²) in [6, 6.07) is 0. The molecule has 0 aliphatic carbocycles. The molecule has 0 radical (unpaired) electrons. The highest BCUT2D eigenvalue weighted by atomic mass is 16.5. The SMILES string of the molecule is CC(C)(O)C1CC2CCC1O2. The van der Waals surface area contributed by atoms with Gasteiger partial charge in [-0.05, 0) is 33.1 Å². The maximum atomic E-state index is 9.76. The normalized spacial score (nSPS) is 43.4. The number of aliphatic hydroxyl groups is 1. The quantitative estimate of drug-likeness (QED) is 0.620. The minimum atomic E-state index is -0.542. The highest BCUT2D eigenvalue weighted by molar-refractivity contribution is 4.96. The Kier molecular flexibility index (Phi) is 1.52. The molecule has 0 amide bonds. The van der Waals surface area contributed by atoms with E-state index in [1.807, 2.05) is 13.8 Å². The standard InChI is InChI=1S/C9H16O2/c1-9(2,10)7-5-6-3-4-8(7)11-6/h6-8,10H,3-5H2,1-2H3. The molecule has 2 nitrogen and oxygen atoms in total. The van der Waals surface area contributed by atoms with Gasteiger partial charge in [0.1, 0.15) is 0 Å². The number of rotatable bonds is 1. The first-order chi connectivity index (χ1) is 5.07.